The fourth-order valence-electron chi connectivity index (χ4n) is 3.99. The molecule has 0 heterocycles. The zero-order valence-corrected chi connectivity index (χ0v) is 19.6. The van der Waals surface area contributed by atoms with Gasteiger partial charge in [0.25, 0.3) is 0 Å². The number of rotatable bonds is 10. The van der Waals surface area contributed by atoms with E-state index in [1.54, 1.807) is 4.90 Å². The maximum atomic E-state index is 13.4. The first-order chi connectivity index (χ1) is 15.5. The molecule has 32 heavy (non-hydrogen) atoms. The summed E-state index contributed by atoms with van der Waals surface area (Å²) in [5.74, 6) is -0.156. The number of hydrogen-bond acceptors (Lipinski definition) is 2. The molecule has 3 aromatic carbocycles. The van der Waals surface area contributed by atoms with E-state index < -0.39 is 6.04 Å². The minimum absolute atomic E-state index is 0.0450. The Morgan fingerprint density at radius 1 is 0.938 bits per heavy atom. The van der Waals surface area contributed by atoms with Gasteiger partial charge >= 0.3 is 0 Å². The van der Waals surface area contributed by atoms with Crippen LogP contribution >= 0.6 is 11.6 Å². The summed E-state index contributed by atoms with van der Waals surface area (Å²) in [4.78, 5) is 28.0. The Bertz CT molecular complexity index is 1060. The first kappa shape index (κ1) is 23.8. The van der Waals surface area contributed by atoms with Crippen LogP contribution in [-0.2, 0) is 22.6 Å². The quantitative estimate of drug-likeness (QED) is 0.427. The summed E-state index contributed by atoms with van der Waals surface area (Å²) in [7, 11) is 0. The fraction of sp³-hybridized carbons (Fsp3) is 0.333. The molecule has 3 rings (SSSR count). The predicted octanol–water partition coefficient (Wildman–Crippen LogP) is 5.76. The van der Waals surface area contributed by atoms with Gasteiger partial charge in [0.05, 0.1) is 0 Å². The summed E-state index contributed by atoms with van der Waals surface area (Å²) in [6, 6.07) is 21.3. The van der Waals surface area contributed by atoms with E-state index in [0.717, 1.165) is 28.3 Å². The zero-order chi connectivity index (χ0) is 22.9. The smallest absolute Gasteiger partial charge is 0.242 e. The molecule has 1 atom stereocenters. The van der Waals surface area contributed by atoms with E-state index >= 15 is 0 Å². The van der Waals surface area contributed by atoms with Gasteiger partial charge < -0.3 is 10.2 Å². The SMILES string of the molecule is CCCNC(=O)C(CC)N(Cc1ccccc1Cl)C(=O)CCc1cccc2ccccc12. The molecule has 0 spiro atoms. The van der Waals surface area contributed by atoms with Crippen LogP contribution in [-0.4, -0.2) is 29.3 Å². The van der Waals surface area contributed by atoms with Crippen molar-refractivity contribution in [3.63, 3.8) is 0 Å². The molecular formula is C27H31ClN2O2. The molecule has 4 nitrogen and oxygen atoms in total. The largest absolute Gasteiger partial charge is 0.354 e. The van der Waals surface area contributed by atoms with Crippen molar-refractivity contribution in [3.8, 4) is 0 Å². The highest BCUT2D eigenvalue weighted by atomic mass is 35.5. The minimum atomic E-state index is -0.530. The minimum Gasteiger partial charge on any atom is -0.354 e. The molecule has 0 saturated heterocycles. The Morgan fingerprint density at radius 2 is 1.62 bits per heavy atom. The first-order valence-electron chi connectivity index (χ1n) is 11.3. The zero-order valence-electron chi connectivity index (χ0n) is 18.8. The van der Waals surface area contributed by atoms with Crippen molar-refractivity contribution in [1.29, 1.82) is 0 Å². The van der Waals surface area contributed by atoms with Crippen molar-refractivity contribution in [3.05, 3.63) is 82.9 Å². The number of nitrogens with one attached hydrogen (secondary N) is 1. The molecule has 0 aliphatic heterocycles. The van der Waals surface area contributed by atoms with Gasteiger partial charge in [-0.15, -0.1) is 0 Å². The molecule has 0 radical (unpaired) electrons. The van der Waals surface area contributed by atoms with Crippen molar-refractivity contribution in [2.75, 3.05) is 6.54 Å². The van der Waals surface area contributed by atoms with Crippen molar-refractivity contribution in [2.24, 2.45) is 0 Å². The molecule has 0 aliphatic carbocycles. The number of benzene rings is 3. The van der Waals surface area contributed by atoms with Gasteiger partial charge in [0.2, 0.25) is 11.8 Å². The van der Waals surface area contributed by atoms with Gasteiger partial charge in [-0.3, -0.25) is 9.59 Å². The van der Waals surface area contributed by atoms with Gasteiger partial charge in [0.1, 0.15) is 6.04 Å². The van der Waals surface area contributed by atoms with E-state index in [0.29, 0.717) is 37.4 Å². The number of aryl methyl sites for hydroxylation is 1. The first-order valence-corrected chi connectivity index (χ1v) is 11.7. The average Bonchev–Trinajstić information content (AvgIpc) is 2.82. The lowest BCUT2D eigenvalue weighted by molar-refractivity contribution is -0.141. The number of amides is 2. The number of nitrogens with zero attached hydrogens (tertiary/aromatic N) is 1. The molecule has 1 N–H and O–H groups in total. The summed E-state index contributed by atoms with van der Waals surface area (Å²) in [5.41, 5.74) is 1.98. The predicted molar refractivity (Wildman–Crippen MR) is 132 cm³/mol. The lowest BCUT2D eigenvalue weighted by Gasteiger charge is -2.31. The highest BCUT2D eigenvalue weighted by Gasteiger charge is 2.28. The Labute approximate surface area is 195 Å². The molecule has 0 bridgehead atoms. The van der Waals surface area contributed by atoms with Crippen LogP contribution in [0.5, 0.6) is 0 Å². The summed E-state index contributed by atoms with van der Waals surface area (Å²) < 4.78 is 0. The van der Waals surface area contributed by atoms with Crippen LogP contribution in [0.25, 0.3) is 10.8 Å². The Morgan fingerprint density at radius 3 is 2.38 bits per heavy atom. The van der Waals surface area contributed by atoms with Crippen LogP contribution in [0.15, 0.2) is 66.7 Å². The van der Waals surface area contributed by atoms with E-state index in [1.165, 1.54) is 0 Å². The van der Waals surface area contributed by atoms with E-state index in [4.69, 9.17) is 11.6 Å². The molecule has 5 heteroatoms. The van der Waals surface area contributed by atoms with Crippen LogP contribution in [0, 0.1) is 0 Å². The third-order valence-electron chi connectivity index (χ3n) is 5.72. The molecule has 2 amide bonds. The second kappa shape index (κ2) is 11.7. The summed E-state index contributed by atoms with van der Waals surface area (Å²) >= 11 is 6.38. The topological polar surface area (TPSA) is 49.4 Å². The van der Waals surface area contributed by atoms with E-state index in [1.807, 2.05) is 56.3 Å². The van der Waals surface area contributed by atoms with Gasteiger partial charge in [0, 0.05) is 24.5 Å². The van der Waals surface area contributed by atoms with Crippen LogP contribution in [0.3, 0.4) is 0 Å². The van der Waals surface area contributed by atoms with Gasteiger partial charge in [0.15, 0.2) is 0 Å². The Balaban J connectivity index is 1.83. The second-order valence-electron chi connectivity index (χ2n) is 7.97. The Hall–Kier alpha value is -2.85. The van der Waals surface area contributed by atoms with Crippen molar-refractivity contribution >= 4 is 34.2 Å². The number of hydrogen-bond donors (Lipinski definition) is 1. The van der Waals surface area contributed by atoms with Gasteiger partial charge in [-0.2, -0.15) is 0 Å². The van der Waals surface area contributed by atoms with E-state index in [9.17, 15) is 9.59 Å². The third-order valence-corrected chi connectivity index (χ3v) is 6.09. The monoisotopic (exact) mass is 450 g/mol. The summed E-state index contributed by atoms with van der Waals surface area (Å²) in [5, 5.41) is 5.87. The number of carbonyl (C=O) groups is 2. The van der Waals surface area contributed by atoms with Crippen LogP contribution in [0.2, 0.25) is 5.02 Å². The molecule has 168 valence electrons. The van der Waals surface area contributed by atoms with Crippen LogP contribution in [0.1, 0.15) is 44.2 Å². The van der Waals surface area contributed by atoms with E-state index in [-0.39, 0.29) is 11.8 Å². The van der Waals surface area contributed by atoms with Crippen LogP contribution in [0.4, 0.5) is 0 Å². The Kier molecular flexibility index (Phi) is 8.69. The van der Waals surface area contributed by atoms with Crippen molar-refractivity contribution in [2.45, 2.75) is 52.1 Å². The fourth-order valence-corrected chi connectivity index (χ4v) is 4.19. The van der Waals surface area contributed by atoms with Gasteiger partial charge in [-0.25, -0.2) is 0 Å². The number of carbonyl (C=O) groups excluding carboxylic acids is 2. The second-order valence-corrected chi connectivity index (χ2v) is 8.37. The summed E-state index contributed by atoms with van der Waals surface area (Å²) in [6.45, 7) is 4.86. The summed E-state index contributed by atoms with van der Waals surface area (Å²) in [6.07, 6.45) is 2.34. The molecule has 3 aromatic rings. The highest BCUT2D eigenvalue weighted by molar-refractivity contribution is 6.31. The average molecular weight is 451 g/mol. The molecule has 0 saturated carbocycles. The maximum absolute atomic E-state index is 13.4. The molecular weight excluding hydrogens is 420 g/mol. The van der Waals surface area contributed by atoms with Crippen molar-refractivity contribution in [1.82, 2.24) is 10.2 Å². The van der Waals surface area contributed by atoms with Crippen molar-refractivity contribution < 1.29 is 9.59 Å². The van der Waals surface area contributed by atoms with Gasteiger partial charge in [-0.1, -0.05) is 86.1 Å². The third kappa shape index (κ3) is 5.89. The molecule has 0 aromatic heterocycles. The molecule has 0 aliphatic rings. The highest BCUT2D eigenvalue weighted by Crippen LogP contribution is 2.23. The van der Waals surface area contributed by atoms with Crippen LogP contribution < -0.4 is 5.32 Å². The lowest BCUT2D eigenvalue weighted by atomic mass is 10.00. The molecule has 1 unspecified atom stereocenters. The maximum Gasteiger partial charge on any atom is 0.242 e. The number of halogens is 1. The standard InChI is InChI=1S/C27H31ClN2O2/c1-3-18-29-27(32)25(4-2)30(19-22-11-6-8-15-24(22)28)26(31)17-16-21-13-9-12-20-10-5-7-14-23(20)21/h5-15,25H,3-4,16-19H2,1-2H3,(H,29,32). The number of fused-ring (bicyclic) bond motifs is 1. The van der Waals surface area contributed by atoms with Gasteiger partial charge in [-0.05, 0) is 47.2 Å². The normalized spacial score (nSPS) is 11.8. The molecule has 0 fully saturated rings. The lowest BCUT2D eigenvalue weighted by Crippen LogP contribution is -2.49. The van der Waals surface area contributed by atoms with E-state index in [2.05, 4.69) is 29.6 Å².